The summed E-state index contributed by atoms with van der Waals surface area (Å²) in [6, 6.07) is 0. The first-order valence-electron chi connectivity index (χ1n) is 15.2. The number of aliphatic hydroxyl groups is 2. The lowest BCUT2D eigenvalue weighted by Gasteiger charge is -2.73. The largest absolute Gasteiger partial charge is 0.463 e. The van der Waals surface area contributed by atoms with Crippen LogP contribution in [-0.2, 0) is 9.53 Å². The van der Waals surface area contributed by atoms with Crippen molar-refractivity contribution in [2.75, 3.05) is 13.2 Å². The molecule has 0 bridgehead atoms. The van der Waals surface area contributed by atoms with Gasteiger partial charge in [0.2, 0.25) is 0 Å². The van der Waals surface area contributed by atoms with Gasteiger partial charge >= 0.3 is 5.97 Å². The predicted octanol–water partition coefficient (Wildman–Crippen LogP) is 6.93. The van der Waals surface area contributed by atoms with Gasteiger partial charge < -0.3 is 14.9 Å². The molecule has 2 N–H and O–H groups in total. The number of hydrogen-bond donors (Lipinski definition) is 2. The molecule has 37 heavy (non-hydrogen) atoms. The zero-order valence-electron chi connectivity index (χ0n) is 24.8. The van der Waals surface area contributed by atoms with Crippen LogP contribution in [0, 0.1) is 56.7 Å². The molecule has 0 radical (unpaired) electrons. The Labute approximate surface area is 226 Å². The Bertz CT molecular complexity index is 956. The monoisotopic (exact) mass is 514 g/mol. The Kier molecular flexibility index (Phi) is 6.41. The molecule has 0 aliphatic heterocycles. The summed E-state index contributed by atoms with van der Waals surface area (Å²) in [4.78, 5) is 11.6. The summed E-state index contributed by atoms with van der Waals surface area (Å²) in [7, 11) is 0. The van der Waals surface area contributed by atoms with Gasteiger partial charge in [0.15, 0.2) is 0 Å². The van der Waals surface area contributed by atoms with Gasteiger partial charge in [0.05, 0.1) is 0 Å². The van der Waals surface area contributed by atoms with Crippen molar-refractivity contribution in [2.45, 2.75) is 118 Å². The van der Waals surface area contributed by atoms with Crippen LogP contribution in [0.15, 0.2) is 12.2 Å². The van der Waals surface area contributed by atoms with Gasteiger partial charge in [-0.2, -0.15) is 0 Å². The fraction of sp³-hybridized carbons (Fsp3) is 0.909. The number of esters is 1. The number of ether oxygens (including phenoxy) is 1. The lowest BCUT2D eigenvalue weighted by molar-refractivity contribution is -0.271. The Morgan fingerprint density at radius 3 is 2.19 bits per heavy atom. The van der Waals surface area contributed by atoms with Crippen LogP contribution in [0.1, 0.15) is 113 Å². The van der Waals surface area contributed by atoms with Crippen molar-refractivity contribution < 1.29 is 19.7 Å². The summed E-state index contributed by atoms with van der Waals surface area (Å²) in [6.07, 6.45) is 11.3. The van der Waals surface area contributed by atoms with Crippen LogP contribution in [0.4, 0.5) is 0 Å². The summed E-state index contributed by atoms with van der Waals surface area (Å²) in [5.74, 6) is 2.49. The number of carbonyl (C=O) groups is 1. The standard InChI is InChI=1S/C33H54O4/c1-21(2)23-11-14-32(19-34)17-16-30(7)24(27(23)32)9-10-26-29(6)15-18-33(36,20-37-22(3)35)28(4,5)25(29)12-13-31(26,30)8/h23-27,34,36H,1,9-20H2,2-8H3/t23-,24+,25-,26+,27+,29-,30+,31+,32+,33+/m0/s1. The first-order valence-corrected chi connectivity index (χ1v) is 15.2. The topological polar surface area (TPSA) is 66.8 Å². The van der Waals surface area contributed by atoms with Crippen molar-refractivity contribution in [1.29, 1.82) is 0 Å². The van der Waals surface area contributed by atoms with E-state index in [0.717, 1.165) is 25.7 Å². The van der Waals surface area contributed by atoms with Crippen LogP contribution >= 0.6 is 0 Å². The summed E-state index contributed by atoms with van der Waals surface area (Å²) >= 11 is 0. The Balaban J connectivity index is 1.49. The highest BCUT2D eigenvalue weighted by atomic mass is 16.5. The summed E-state index contributed by atoms with van der Waals surface area (Å²) in [5, 5.41) is 22.5. The lowest BCUT2D eigenvalue weighted by Crippen LogP contribution is -2.69. The van der Waals surface area contributed by atoms with Gasteiger partial charge in [0, 0.05) is 18.9 Å². The van der Waals surface area contributed by atoms with Gasteiger partial charge in [-0.05, 0) is 122 Å². The fourth-order valence-corrected chi connectivity index (χ4v) is 12.1. The molecule has 10 atom stereocenters. The van der Waals surface area contributed by atoms with Crippen molar-refractivity contribution in [3.63, 3.8) is 0 Å². The third-order valence-corrected chi connectivity index (χ3v) is 14.5. The van der Waals surface area contributed by atoms with Crippen LogP contribution in [-0.4, -0.2) is 35.0 Å². The van der Waals surface area contributed by atoms with E-state index in [2.05, 4.69) is 48.1 Å². The van der Waals surface area contributed by atoms with E-state index in [4.69, 9.17) is 4.74 Å². The molecule has 4 nitrogen and oxygen atoms in total. The molecular weight excluding hydrogens is 460 g/mol. The maximum Gasteiger partial charge on any atom is 0.302 e. The number of hydrogen-bond acceptors (Lipinski definition) is 4. The van der Waals surface area contributed by atoms with E-state index in [0.29, 0.717) is 42.6 Å². The Hall–Kier alpha value is -0.870. The van der Waals surface area contributed by atoms with Crippen molar-refractivity contribution >= 4 is 5.97 Å². The molecule has 5 aliphatic rings. The van der Waals surface area contributed by atoms with Gasteiger partial charge in [-0.1, -0.05) is 46.8 Å². The first-order chi connectivity index (χ1) is 17.1. The average Bonchev–Trinajstić information content (AvgIpc) is 3.22. The minimum absolute atomic E-state index is 0.0954. The van der Waals surface area contributed by atoms with Gasteiger partial charge in [0.25, 0.3) is 0 Å². The van der Waals surface area contributed by atoms with Crippen molar-refractivity contribution in [3.05, 3.63) is 12.2 Å². The molecule has 5 aliphatic carbocycles. The second-order valence-corrected chi connectivity index (χ2v) is 15.7. The van der Waals surface area contributed by atoms with Gasteiger partial charge in [-0.15, -0.1) is 0 Å². The SMILES string of the molecule is C=C(C)[C@@H]1CC[C@]2(CO)CC[C@]3(C)[C@H](CC[C@@H]4[C@@]5(C)CC[C@@](O)(COC(C)=O)C(C)(C)[C@@H]5CC[C@]43C)[C@@H]12. The highest BCUT2D eigenvalue weighted by Crippen LogP contribution is 2.78. The van der Waals surface area contributed by atoms with E-state index < -0.39 is 5.60 Å². The van der Waals surface area contributed by atoms with Crippen LogP contribution in [0.5, 0.6) is 0 Å². The highest BCUT2D eigenvalue weighted by molar-refractivity contribution is 5.66. The Morgan fingerprint density at radius 1 is 0.865 bits per heavy atom. The third-order valence-electron chi connectivity index (χ3n) is 14.5. The first kappa shape index (κ1) is 27.7. The van der Waals surface area contributed by atoms with E-state index in [9.17, 15) is 15.0 Å². The predicted molar refractivity (Wildman–Crippen MR) is 148 cm³/mol. The molecule has 4 heteroatoms. The molecule has 5 saturated carbocycles. The molecule has 0 unspecified atom stereocenters. The summed E-state index contributed by atoms with van der Waals surface area (Å²) in [6.45, 7) is 20.8. The molecule has 0 saturated heterocycles. The Morgan fingerprint density at radius 2 is 1.57 bits per heavy atom. The van der Waals surface area contributed by atoms with Crippen LogP contribution in [0.2, 0.25) is 0 Å². The number of fused-ring (bicyclic) bond motifs is 7. The minimum Gasteiger partial charge on any atom is -0.463 e. The number of rotatable bonds is 4. The third kappa shape index (κ3) is 3.49. The summed E-state index contributed by atoms with van der Waals surface area (Å²) < 4.78 is 5.42. The molecule has 0 aromatic heterocycles. The highest BCUT2D eigenvalue weighted by Gasteiger charge is 2.72. The van der Waals surface area contributed by atoms with E-state index in [-0.39, 0.29) is 39.7 Å². The van der Waals surface area contributed by atoms with E-state index in [1.807, 2.05) is 0 Å². The molecule has 0 aromatic carbocycles. The van der Waals surface area contributed by atoms with Crippen LogP contribution in [0.3, 0.4) is 0 Å². The molecule has 0 aromatic rings. The molecule has 210 valence electrons. The smallest absolute Gasteiger partial charge is 0.302 e. The van der Waals surface area contributed by atoms with E-state index in [1.165, 1.54) is 44.6 Å². The second kappa shape index (κ2) is 8.56. The van der Waals surface area contributed by atoms with E-state index in [1.54, 1.807) is 0 Å². The molecular formula is C33H54O4. The molecule has 5 rings (SSSR count). The summed E-state index contributed by atoms with van der Waals surface area (Å²) in [5.41, 5.74) is 0.826. The molecule has 0 spiro atoms. The van der Waals surface area contributed by atoms with Gasteiger partial charge in [-0.25, -0.2) is 0 Å². The second-order valence-electron chi connectivity index (χ2n) is 15.7. The van der Waals surface area contributed by atoms with E-state index >= 15 is 0 Å². The lowest BCUT2D eigenvalue weighted by atomic mass is 9.31. The molecule has 5 fully saturated rings. The number of allylic oxidation sites excluding steroid dienone is 1. The van der Waals surface area contributed by atoms with Crippen molar-refractivity contribution in [3.8, 4) is 0 Å². The maximum atomic E-state index is 11.8. The zero-order valence-corrected chi connectivity index (χ0v) is 24.8. The van der Waals surface area contributed by atoms with Crippen molar-refractivity contribution in [2.24, 2.45) is 56.7 Å². The fourth-order valence-electron chi connectivity index (χ4n) is 12.1. The average molecular weight is 515 g/mol. The van der Waals surface area contributed by atoms with Gasteiger partial charge in [0.1, 0.15) is 12.2 Å². The number of aliphatic hydroxyl groups excluding tert-OH is 1. The zero-order chi connectivity index (χ0) is 27.2. The normalized spacial score (nSPS) is 52.3. The van der Waals surface area contributed by atoms with Crippen LogP contribution < -0.4 is 0 Å². The van der Waals surface area contributed by atoms with Gasteiger partial charge in [-0.3, -0.25) is 4.79 Å². The number of carbonyl (C=O) groups excluding carboxylic acids is 1. The quantitative estimate of drug-likeness (QED) is 0.315. The minimum atomic E-state index is -0.970. The molecule has 0 amide bonds. The van der Waals surface area contributed by atoms with Crippen molar-refractivity contribution in [1.82, 2.24) is 0 Å². The maximum absolute atomic E-state index is 11.8. The molecule has 0 heterocycles. The van der Waals surface area contributed by atoms with Crippen LogP contribution in [0.25, 0.3) is 0 Å².